The predicted octanol–water partition coefficient (Wildman–Crippen LogP) is 2.89. The van der Waals surface area contributed by atoms with Gasteiger partial charge in [0.05, 0.1) is 6.61 Å². The zero-order valence-electron chi connectivity index (χ0n) is 9.03. The molecular weight excluding hydrogens is 290 g/mol. The molecule has 0 saturated heterocycles. The maximum absolute atomic E-state index is 11.8. The van der Waals surface area contributed by atoms with E-state index in [0.29, 0.717) is 13.2 Å². The molecule has 0 bridgehead atoms. The molecule has 0 aliphatic heterocycles. The Labute approximate surface area is 108 Å². The van der Waals surface area contributed by atoms with E-state index < -0.39 is 6.04 Å². The van der Waals surface area contributed by atoms with Crippen molar-refractivity contribution in [1.29, 1.82) is 0 Å². The maximum Gasteiger partial charge on any atom is 0.328 e. The van der Waals surface area contributed by atoms with Crippen molar-refractivity contribution in [2.45, 2.75) is 13.0 Å². The SMILES string of the molecule is C=CCNC(C(=O)OCC)c1sccc1Br. The Hall–Kier alpha value is -0.650. The molecule has 1 aromatic rings. The summed E-state index contributed by atoms with van der Waals surface area (Å²) in [5.74, 6) is -0.257. The van der Waals surface area contributed by atoms with Crippen molar-refractivity contribution in [1.82, 2.24) is 5.32 Å². The second-order valence-corrected chi connectivity index (χ2v) is 4.82. The van der Waals surface area contributed by atoms with Crippen molar-refractivity contribution >= 4 is 33.2 Å². The van der Waals surface area contributed by atoms with E-state index >= 15 is 0 Å². The lowest BCUT2D eigenvalue weighted by atomic mass is 10.2. The molecule has 0 aliphatic carbocycles. The lowest BCUT2D eigenvalue weighted by molar-refractivity contribution is -0.145. The van der Waals surface area contributed by atoms with Crippen molar-refractivity contribution in [3.63, 3.8) is 0 Å². The molecular formula is C11H14BrNO2S. The minimum absolute atomic E-state index is 0.257. The van der Waals surface area contributed by atoms with Crippen LogP contribution in [-0.4, -0.2) is 19.1 Å². The largest absolute Gasteiger partial charge is 0.465 e. The number of carbonyl (C=O) groups excluding carboxylic acids is 1. The molecule has 0 radical (unpaired) electrons. The monoisotopic (exact) mass is 303 g/mol. The Balaban J connectivity index is 2.82. The van der Waals surface area contributed by atoms with Crippen LogP contribution in [0, 0.1) is 0 Å². The van der Waals surface area contributed by atoms with Crippen LogP contribution < -0.4 is 5.32 Å². The molecule has 1 aromatic heterocycles. The number of carbonyl (C=O) groups is 1. The average molecular weight is 304 g/mol. The van der Waals surface area contributed by atoms with Crippen LogP contribution in [-0.2, 0) is 9.53 Å². The summed E-state index contributed by atoms with van der Waals surface area (Å²) in [6, 6.07) is 1.49. The van der Waals surface area contributed by atoms with E-state index in [1.807, 2.05) is 11.4 Å². The number of hydrogen-bond acceptors (Lipinski definition) is 4. The normalized spacial score (nSPS) is 12.1. The molecule has 0 aromatic carbocycles. The van der Waals surface area contributed by atoms with E-state index in [-0.39, 0.29) is 5.97 Å². The first kappa shape index (κ1) is 13.4. The highest BCUT2D eigenvalue weighted by Gasteiger charge is 2.24. The Kier molecular flexibility index (Phi) is 5.73. The van der Waals surface area contributed by atoms with Gasteiger partial charge in [-0.15, -0.1) is 17.9 Å². The van der Waals surface area contributed by atoms with Crippen molar-refractivity contribution in [3.8, 4) is 0 Å². The van der Waals surface area contributed by atoms with Gasteiger partial charge in [0, 0.05) is 15.9 Å². The van der Waals surface area contributed by atoms with Gasteiger partial charge in [-0.3, -0.25) is 5.32 Å². The molecule has 0 fully saturated rings. The van der Waals surface area contributed by atoms with Crippen LogP contribution in [0.2, 0.25) is 0 Å². The van der Waals surface area contributed by atoms with E-state index in [0.717, 1.165) is 9.35 Å². The zero-order valence-corrected chi connectivity index (χ0v) is 11.4. The number of ether oxygens (including phenoxy) is 1. The van der Waals surface area contributed by atoms with E-state index in [1.54, 1.807) is 13.0 Å². The summed E-state index contributed by atoms with van der Waals surface area (Å²) < 4.78 is 5.95. The Bertz CT molecular complexity index is 365. The summed E-state index contributed by atoms with van der Waals surface area (Å²) >= 11 is 4.93. The van der Waals surface area contributed by atoms with Crippen molar-refractivity contribution < 1.29 is 9.53 Å². The van der Waals surface area contributed by atoms with E-state index in [9.17, 15) is 4.79 Å². The molecule has 1 unspecified atom stereocenters. The minimum Gasteiger partial charge on any atom is -0.465 e. The van der Waals surface area contributed by atoms with Crippen LogP contribution in [0.5, 0.6) is 0 Å². The summed E-state index contributed by atoms with van der Waals surface area (Å²) in [5.41, 5.74) is 0. The molecule has 0 amide bonds. The smallest absolute Gasteiger partial charge is 0.328 e. The molecule has 1 heterocycles. The third-order valence-electron chi connectivity index (χ3n) is 1.90. The van der Waals surface area contributed by atoms with Crippen LogP contribution in [0.15, 0.2) is 28.6 Å². The second-order valence-electron chi connectivity index (χ2n) is 3.01. The standard InChI is InChI=1S/C11H14BrNO2S/c1-3-6-13-9(11(14)15-4-2)10-8(12)5-7-16-10/h3,5,7,9,13H,1,4,6H2,2H3. The van der Waals surface area contributed by atoms with Crippen LogP contribution in [0.3, 0.4) is 0 Å². The lowest BCUT2D eigenvalue weighted by Gasteiger charge is -2.15. The van der Waals surface area contributed by atoms with Crippen LogP contribution >= 0.6 is 27.3 Å². The van der Waals surface area contributed by atoms with Gasteiger partial charge in [-0.25, -0.2) is 4.79 Å². The van der Waals surface area contributed by atoms with Crippen LogP contribution in [0.4, 0.5) is 0 Å². The molecule has 1 N–H and O–H groups in total. The number of rotatable bonds is 6. The molecule has 0 spiro atoms. The van der Waals surface area contributed by atoms with Crippen molar-refractivity contribution in [2.24, 2.45) is 0 Å². The minimum atomic E-state index is -0.424. The van der Waals surface area contributed by atoms with Gasteiger partial charge in [0.15, 0.2) is 0 Å². The first-order valence-electron chi connectivity index (χ1n) is 4.94. The second kappa shape index (κ2) is 6.83. The predicted molar refractivity (Wildman–Crippen MR) is 69.6 cm³/mol. The molecule has 16 heavy (non-hydrogen) atoms. The van der Waals surface area contributed by atoms with Crippen LogP contribution in [0.1, 0.15) is 17.8 Å². The molecule has 1 atom stereocenters. The molecule has 0 aliphatic rings. The van der Waals surface area contributed by atoms with Gasteiger partial charge >= 0.3 is 5.97 Å². The quantitative estimate of drug-likeness (QED) is 0.649. The number of halogens is 1. The van der Waals surface area contributed by atoms with E-state index in [1.165, 1.54) is 11.3 Å². The van der Waals surface area contributed by atoms with Gasteiger partial charge in [-0.1, -0.05) is 6.08 Å². The third kappa shape index (κ3) is 3.43. The summed E-state index contributed by atoms with van der Waals surface area (Å²) in [5, 5.41) is 5.02. The lowest BCUT2D eigenvalue weighted by Crippen LogP contribution is -2.29. The van der Waals surface area contributed by atoms with Gasteiger partial charge in [0.25, 0.3) is 0 Å². The number of thiophene rings is 1. The Morgan fingerprint density at radius 3 is 3.06 bits per heavy atom. The van der Waals surface area contributed by atoms with Gasteiger partial charge in [0.2, 0.25) is 0 Å². The fourth-order valence-electron chi connectivity index (χ4n) is 1.22. The van der Waals surface area contributed by atoms with Gasteiger partial charge in [-0.2, -0.15) is 0 Å². The zero-order chi connectivity index (χ0) is 12.0. The summed E-state index contributed by atoms with van der Waals surface area (Å²) in [7, 11) is 0. The van der Waals surface area contributed by atoms with Crippen molar-refractivity contribution in [3.05, 3.63) is 33.5 Å². The van der Waals surface area contributed by atoms with Gasteiger partial charge < -0.3 is 4.74 Å². The fourth-order valence-corrected chi connectivity index (χ4v) is 2.88. The number of hydrogen-bond donors (Lipinski definition) is 1. The maximum atomic E-state index is 11.8. The summed E-state index contributed by atoms with van der Waals surface area (Å²) in [6.07, 6.45) is 1.72. The third-order valence-corrected chi connectivity index (χ3v) is 3.83. The molecule has 1 rings (SSSR count). The highest BCUT2D eigenvalue weighted by Crippen LogP contribution is 2.29. The van der Waals surface area contributed by atoms with Crippen molar-refractivity contribution in [2.75, 3.05) is 13.2 Å². The molecule has 5 heteroatoms. The summed E-state index contributed by atoms with van der Waals surface area (Å²) in [6.45, 7) is 6.36. The number of esters is 1. The Morgan fingerprint density at radius 1 is 1.81 bits per heavy atom. The van der Waals surface area contributed by atoms with E-state index in [2.05, 4.69) is 27.8 Å². The average Bonchev–Trinajstić information content (AvgIpc) is 2.66. The van der Waals surface area contributed by atoms with Gasteiger partial charge in [0.1, 0.15) is 6.04 Å². The van der Waals surface area contributed by atoms with E-state index in [4.69, 9.17) is 4.74 Å². The highest BCUT2D eigenvalue weighted by molar-refractivity contribution is 9.10. The number of nitrogens with one attached hydrogen (secondary N) is 1. The molecule has 88 valence electrons. The van der Waals surface area contributed by atoms with Gasteiger partial charge in [-0.05, 0) is 34.3 Å². The molecule has 3 nitrogen and oxygen atoms in total. The fraction of sp³-hybridized carbons (Fsp3) is 0.364. The summed E-state index contributed by atoms with van der Waals surface area (Å²) in [4.78, 5) is 12.7. The topological polar surface area (TPSA) is 38.3 Å². The first-order valence-corrected chi connectivity index (χ1v) is 6.61. The Morgan fingerprint density at radius 2 is 2.56 bits per heavy atom. The van der Waals surface area contributed by atoms with Crippen LogP contribution in [0.25, 0.3) is 0 Å². The highest BCUT2D eigenvalue weighted by atomic mass is 79.9. The molecule has 0 saturated carbocycles. The first-order chi connectivity index (χ1) is 7.70.